The quantitative estimate of drug-likeness (QED) is 0.743. The second-order valence-corrected chi connectivity index (χ2v) is 6.21. The van der Waals surface area contributed by atoms with Gasteiger partial charge in [-0.15, -0.1) is 0 Å². The van der Waals surface area contributed by atoms with E-state index in [-0.39, 0.29) is 0 Å². The molecule has 0 saturated heterocycles. The van der Waals surface area contributed by atoms with Crippen molar-refractivity contribution in [3.8, 4) is 0 Å². The Hall–Kier alpha value is -0.580. The average molecular weight is 342 g/mol. The van der Waals surface area contributed by atoms with Gasteiger partial charge in [-0.1, -0.05) is 22.9 Å². The van der Waals surface area contributed by atoms with Crippen LogP contribution in [0.2, 0.25) is 0 Å². The number of hydrogen-bond acceptors (Lipinski definition) is 3. The second-order valence-electron chi connectivity index (χ2n) is 5.29. The Morgan fingerprint density at radius 1 is 1.15 bits per heavy atom. The van der Waals surface area contributed by atoms with Crippen LogP contribution < -0.4 is 10.2 Å². The molecule has 0 aliphatic heterocycles. The predicted octanol–water partition coefficient (Wildman–Crippen LogP) is 3.34. The number of nitrogens with one attached hydrogen (secondary N) is 1. The van der Waals surface area contributed by atoms with Gasteiger partial charge in [-0.3, -0.25) is 0 Å². The molecule has 1 aromatic rings. The first-order valence-corrected chi connectivity index (χ1v) is 8.26. The molecule has 0 unspecified atom stereocenters. The lowest BCUT2D eigenvalue weighted by Gasteiger charge is -2.27. The molecule has 1 aromatic carbocycles. The summed E-state index contributed by atoms with van der Waals surface area (Å²) in [5, 5.41) is 3.43. The molecule has 20 heavy (non-hydrogen) atoms. The highest BCUT2D eigenvalue weighted by molar-refractivity contribution is 9.10. The number of halogens is 1. The highest BCUT2D eigenvalue weighted by Gasteiger charge is 2.10. The molecule has 0 aliphatic rings. The summed E-state index contributed by atoms with van der Waals surface area (Å²) in [7, 11) is 4.26. The fourth-order valence-electron chi connectivity index (χ4n) is 2.29. The van der Waals surface area contributed by atoms with Gasteiger partial charge in [-0.2, -0.15) is 0 Å². The van der Waals surface area contributed by atoms with E-state index in [1.807, 2.05) is 0 Å². The van der Waals surface area contributed by atoms with Crippen LogP contribution in [0.25, 0.3) is 0 Å². The summed E-state index contributed by atoms with van der Waals surface area (Å²) in [4.78, 5) is 4.72. The van der Waals surface area contributed by atoms with Crippen molar-refractivity contribution in [2.24, 2.45) is 0 Å². The number of rotatable bonds is 9. The van der Waals surface area contributed by atoms with Crippen molar-refractivity contribution in [3.63, 3.8) is 0 Å². The molecular formula is C16H28BrN3. The van der Waals surface area contributed by atoms with E-state index < -0.39 is 0 Å². The smallest absolute Gasteiger partial charge is 0.0412 e. The van der Waals surface area contributed by atoms with Crippen molar-refractivity contribution in [2.45, 2.75) is 26.8 Å². The summed E-state index contributed by atoms with van der Waals surface area (Å²) >= 11 is 3.58. The summed E-state index contributed by atoms with van der Waals surface area (Å²) in [5.41, 5.74) is 2.73. The van der Waals surface area contributed by atoms with Crippen molar-refractivity contribution in [3.05, 3.63) is 28.2 Å². The van der Waals surface area contributed by atoms with Crippen LogP contribution in [-0.2, 0) is 6.54 Å². The van der Waals surface area contributed by atoms with Gasteiger partial charge in [-0.25, -0.2) is 0 Å². The molecule has 0 fully saturated rings. The highest BCUT2D eigenvalue weighted by Crippen LogP contribution is 2.25. The van der Waals surface area contributed by atoms with Gasteiger partial charge in [0, 0.05) is 29.8 Å². The van der Waals surface area contributed by atoms with E-state index in [4.69, 9.17) is 0 Å². The molecule has 0 heterocycles. The van der Waals surface area contributed by atoms with Gasteiger partial charge in [0.15, 0.2) is 0 Å². The molecule has 0 spiro atoms. The minimum Gasteiger partial charge on any atom is -0.372 e. The average Bonchev–Trinajstić information content (AvgIpc) is 2.42. The number of nitrogens with zero attached hydrogens (tertiary/aromatic N) is 2. The van der Waals surface area contributed by atoms with Crippen molar-refractivity contribution >= 4 is 21.6 Å². The maximum Gasteiger partial charge on any atom is 0.0412 e. The fraction of sp³-hybridized carbons (Fsp3) is 0.625. The van der Waals surface area contributed by atoms with Crippen LogP contribution in [0, 0.1) is 0 Å². The van der Waals surface area contributed by atoms with E-state index >= 15 is 0 Å². The summed E-state index contributed by atoms with van der Waals surface area (Å²) < 4.78 is 1.15. The Kier molecular flexibility index (Phi) is 8.19. The zero-order valence-corrected chi connectivity index (χ0v) is 14.8. The fourth-order valence-corrected chi connectivity index (χ4v) is 2.70. The lowest BCUT2D eigenvalue weighted by Crippen LogP contribution is -2.28. The molecule has 0 bridgehead atoms. The van der Waals surface area contributed by atoms with E-state index in [2.05, 4.69) is 77.2 Å². The molecule has 0 radical (unpaired) electrons. The summed E-state index contributed by atoms with van der Waals surface area (Å²) in [6.45, 7) is 9.59. The van der Waals surface area contributed by atoms with Gasteiger partial charge in [0.25, 0.3) is 0 Å². The molecule has 0 saturated carbocycles. The lowest BCUT2D eigenvalue weighted by atomic mass is 10.1. The Balaban J connectivity index is 2.78. The Morgan fingerprint density at radius 3 is 2.50 bits per heavy atom. The maximum atomic E-state index is 3.58. The third kappa shape index (κ3) is 5.81. The normalized spacial score (nSPS) is 11.1. The Labute approximate surface area is 132 Å². The van der Waals surface area contributed by atoms with E-state index in [1.54, 1.807) is 0 Å². The lowest BCUT2D eigenvalue weighted by molar-refractivity contribution is 0.400. The minimum atomic E-state index is 0.926. The molecule has 1 N–H and O–H groups in total. The van der Waals surface area contributed by atoms with Crippen molar-refractivity contribution < 1.29 is 0 Å². The predicted molar refractivity (Wildman–Crippen MR) is 92.6 cm³/mol. The van der Waals surface area contributed by atoms with E-state index in [0.29, 0.717) is 0 Å². The number of hydrogen-bond donors (Lipinski definition) is 1. The summed E-state index contributed by atoms with van der Waals surface area (Å²) in [6, 6.07) is 6.60. The summed E-state index contributed by atoms with van der Waals surface area (Å²) in [5.74, 6) is 0. The SMILES string of the molecule is CCNCc1cc(Br)ccc1N(CC)CCCN(C)C. The highest BCUT2D eigenvalue weighted by atomic mass is 79.9. The molecule has 0 aliphatic carbocycles. The van der Waals surface area contributed by atoms with Crippen molar-refractivity contribution in [1.82, 2.24) is 10.2 Å². The van der Waals surface area contributed by atoms with Crippen molar-refractivity contribution in [1.29, 1.82) is 0 Å². The van der Waals surface area contributed by atoms with E-state index in [9.17, 15) is 0 Å². The van der Waals surface area contributed by atoms with Gasteiger partial charge in [0.2, 0.25) is 0 Å². The van der Waals surface area contributed by atoms with Gasteiger partial charge in [-0.05, 0) is 64.3 Å². The first-order valence-electron chi connectivity index (χ1n) is 7.47. The van der Waals surface area contributed by atoms with Gasteiger partial charge < -0.3 is 15.1 Å². The van der Waals surface area contributed by atoms with E-state index in [0.717, 1.165) is 37.2 Å². The van der Waals surface area contributed by atoms with Crippen LogP contribution >= 0.6 is 15.9 Å². The molecule has 0 amide bonds. The molecule has 114 valence electrons. The zero-order valence-electron chi connectivity index (χ0n) is 13.2. The first kappa shape index (κ1) is 17.5. The van der Waals surface area contributed by atoms with Crippen LogP contribution in [0.4, 0.5) is 5.69 Å². The maximum absolute atomic E-state index is 3.58. The van der Waals surface area contributed by atoms with Crippen LogP contribution in [0.15, 0.2) is 22.7 Å². The molecule has 3 nitrogen and oxygen atoms in total. The third-order valence-corrected chi connectivity index (χ3v) is 3.86. The number of benzene rings is 1. The number of anilines is 1. The topological polar surface area (TPSA) is 18.5 Å². The van der Waals surface area contributed by atoms with Gasteiger partial charge in [0.1, 0.15) is 0 Å². The molecule has 4 heteroatoms. The molecular weight excluding hydrogens is 314 g/mol. The van der Waals surface area contributed by atoms with Gasteiger partial charge in [0.05, 0.1) is 0 Å². The Bertz CT molecular complexity index is 393. The molecule has 0 aromatic heterocycles. The zero-order chi connectivity index (χ0) is 15.0. The molecule has 0 atom stereocenters. The van der Waals surface area contributed by atoms with Crippen molar-refractivity contribution in [2.75, 3.05) is 45.2 Å². The standard InChI is InChI=1S/C16H28BrN3/c1-5-18-13-14-12-15(17)8-9-16(14)20(6-2)11-7-10-19(3)4/h8-9,12,18H,5-7,10-11,13H2,1-4H3. The molecule has 1 rings (SSSR count). The summed E-state index contributed by atoms with van der Waals surface area (Å²) in [6.07, 6.45) is 1.19. The van der Waals surface area contributed by atoms with Crippen LogP contribution in [0.5, 0.6) is 0 Å². The van der Waals surface area contributed by atoms with Crippen LogP contribution in [-0.4, -0.2) is 45.2 Å². The van der Waals surface area contributed by atoms with E-state index in [1.165, 1.54) is 17.7 Å². The monoisotopic (exact) mass is 341 g/mol. The largest absolute Gasteiger partial charge is 0.372 e. The minimum absolute atomic E-state index is 0.926. The second kappa shape index (κ2) is 9.37. The van der Waals surface area contributed by atoms with Gasteiger partial charge >= 0.3 is 0 Å². The Morgan fingerprint density at radius 2 is 1.90 bits per heavy atom. The first-order chi connectivity index (χ1) is 9.58. The van der Waals surface area contributed by atoms with Crippen LogP contribution in [0.3, 0.4) is 0 Å². The van der Waals surface area contributed by atoms with Crippen LogP contribution in [0.1, 0.15) is 25.8 Å². The third-order valence-electron chi connectivity index (χ3n) is 3.36.